The fourth-order valence-corrected chi connectivity index (χ4v) is 1.34. The number of aliphatic hydroxyl groups excluding tert-OH is 1. The molecular weight excluding hydrogens is 180 g/mol. The Morgan fingerprint density at radius 3 is 2.57 bits per heavy atom. The summed E-state index contributed by atoms with van der Waals surface area (Å²) in [6.07, 6.45) is -0.300. The van der Waals surface area contributed by atoms with E-state index in [1.165, 1.54) is 0 Å². The quantitative estimate of drug-likeness (QED) is 0.694. The Morgan fingerprint density at radius 1 is 1.36 bits per heavy atom. The van der Waals surface area contributed by atoms with Gasteiger partial charge in [0.25, 0.3) is 5.91 Å². The molecule has 1 amide bonds. The number of nitrogens with zero attached hydrogens (tertiary/aromatic N) is 1. The van der Waals surface area contributed by atoms with Crippen molar-refractivity contribution >= 4 is 5.91 Å². The maximum atomic E-state index is 11.5. The van der Waals surface area contributed by atoms with Crippen molar-refractivity contribution in [3.63, 3.8) is 0 Å². The molecule has 0 unspecified atom stereocenters. The van der Waals surface area contributed by atoms with E-state index in [4.69, 9.17) is 5.11 Å². The van der Waals surface area contributed by atoms with Crippen LogP contribution < -0.4 is 5.43 Å². The van der Waals surface area contributed by atoms with E-state index in [1.807, 2.05) is 18.2 Å². The zero-order valence-corrected chi connectivity index (χ0v) is 7.68. The summed E-state index contributed by atoms with van der Waals surface area (Å²) in [6.45, 7) is 1.02. The molecule has 1 aliphatic heterocycles. The Bertz CT molecular complexity index is 320. The summed E-state index contributed by atoms with van der Waals surface area (Å²) >= 11 is 0. The molecule has 2 rings (SSSR count). The number of hydrazine groups is 1. The van der Waals surface area contributed by atoms with Crippen LogP contribution in [0.1, 0.15) is 10.4 Å². The van der Waals surface area contributed by atoms with Crippen molar-refractivity contribution in [2.45, 2.75) is 6.10 Å². The molecule has 1 aromatic carbocycles. The van der Waals surface area contributed by atoms with Crippen LogP contribution in [0.15, 0.2) is 30.3 Å². The molecular formula is C10H12N2O2. The van der Waals surface area contributed by atoms with E-state index in [9.17, 15) is 4.79 Å². The minimum absolute atomic E-state index is 0.127. The third-order valence-electron chi connectivity index (χ3n) is 2.16. The van der Waals surface area contributed by atoms with Crippen molar-refractivity contribution in [1.29, 1.82) is 0 Å². The molecule has 0 aliphatic carbocycles. The highest BCUT2D eigenvalue weighted by molar-refractivity contribution is 5.93. The molecule has 1 saturated heterocycles. The summed E-state index contributed by atoms with van der Waals surface area (Å²) in [7, 11) is 0. The summed E-state index contributed by atoms with van der Waals surface area (Å²) in [6, 6.07) is 9.01. The highest BCUT2D eigenvalue weighted by Gasteiger charge is 2.25. The van der Waals surface area contributed by atoms with Gasteiger partial charge in [0.05, 0.1) is 6.10 Å². The van der Waals surface area contributed by atoms with Gasteiger partial charge in [0.15, 0.2) is 0 Å². The first-order valence-electron chi connectivity index (χ1n) is 4.55. The Balaban J connectivity index is 1.90. The van der Waals surface area contributed by atoms with Crippen LogP contribution in [-0.4, -0.2) is 35.2 Å². The van der Waals surface area contributed by atoms with Gasteiger partial charge in [0.2, 0.25) is 0 Å². The minimum atomic E-state index is -0.300. The van der Waals surface area contributed by atoms with Crippen LogP contribution >= 0.6 is 0 Å². The predicted molar refractivity (Wildman–Crippen MR) is 51.5 cm³/mol. The molecule has 74 valence electrons. The van der Waals surface area contributed by atoms with Crippen LogP contribution in [0.25, 0.3) is 0 Å². The average Bonchev–Trinajstić information content (AvgIpc) is 2.17. The maximum absolute atomic E-state index is 11.5. The smallest absolute Gasteiger partial charge is 0.265 e. The van der Waals surface area contributed by atoms with Crippen molar-refractivity contribution < 1.29 is 9.90 Å². The van der Waals surface area contributed by atoms with E-state index in [2.05, 4.69) is 5.43 Å². The van der Waals surface area contributed by atoms with Gasteiger partial charge in [-0.05, 0) is 12.1 Å². The average molecular weight is 192 g/mol. The SMILES string of the molecule is O=C(NN1CC(O)C1)c1ccccc1. The Labute approximate surface area is 82.1 Å². The number of nitrogens with one attached hydrogen (secondary N) is 1. The number of benzene rings is 1. The summed E-state index contributed by atoms with van der Waals surface area (Å²) in [5.74, 6) is -0.127. The molecule has 0 spiro atoms. The second-order valence-electron chi connectivity index (χ2n) is 3.37. The van der Waals surface area contributed by atoms with Crippen LogP contribution in [0, 0.1) is 0 Å². The largest absolute Gasteiger partial charge is 0.390 e. The third kappa shape index (κ3) is 1.92. The minimum Gasteiger partial charge on any atom is -0.390 e. The van der Waals surface area contributed by atoms with Crippen LogP contribution in [0.5, 0.6) is 0 Å². The summed E-state index contributed by atoms with van der Waals surface area (Å²) < 4.78 is 0. The van der Waals surface area contributed by atoms with E-state index in [-0.39, 0.29) is 12.0 Å². The number of carbonyl (C=O) groups is 1. The first-order valence-corrected chi connectivity index (χ1v) is 4.55. The molecule has 4 heteroatoms. The lowest BCUT2D eigenvalue weighted by Gasteiger charge is -2.35. The van der Waals surface area contributed by atoms with E-state index >= 15 is 0 Å². The lowest BCUT2D eigenvalue weighted by Crippen LogP contribution is -2.58. The van der Waals surface area contributed by atoms with Crippen LogP contribution in [0.2, 0.25) is 0 Å². The second-order valence-corrected chi connectivity index (χ2v) is 3.37. The number of hydrogen-bond acceptors (Lipinski definition) is 3. The molecule has 0 atom stereocenters. The molecule has 1 fully saturated rings. The highest BCUT2D eigenvalue weighted by atomic mass is 16.3. The van der Waals surface area contributed by atoms with E-state index in [1.54, 1.807) is 17.1 Å². The summed E-state index contributed by atoms with van der Waals surface area (Å²) in [5, 5.41) is 10.7. The lowest BCUT2D eigenvalue weighted by atomic mass is 10.2. The van der Waals surface area contributed by atoms with Gasteiger partial charge in [-0.1, -0.05) is 18.2 Å². The number of rotatable bonds is 2. The van der Waals surface area contributed by atoms with Gasteiger partial charge in [0, 0.05) is 18.7 Å². The Hall–Kier alpha value is -1.39. The van der Waals surface area contributed by atoms with Crippen molar-refractivity contribution in [2.24, 2.45) is 0 Å². The van der Waals surface area contributed by atoms with Gasteiger partial charge in [-0.15, -0.1) is 0 Å². The molecule has 1 aromatic rings. The van der Waals surface area contributed by atoms with Gasteiger partial charge < -0.3 is 5.11 Å². The molecule has 0 radical (unpaired) electrons. The first kappa shape index (κ1) is 9.18. The summed E-state index contributed by atoms with van der Waals surface area (Å²) in [5.41, 5.74) is 3.33. The topological polar surface area (TPSA) is 52.6 Å². The molecule has 0 aromatic heterocycles. The number of amides is 1. The van der Waals surface area contributed by atoms with Gasteiger partial charge in [-0.3, -0.25) is 10.2 Å². The number of aliphatic hydroxyl groups is 1. The second kappa shape index (κ2) is 3.77. The fraction of sp³-hybridized carbons (Fsp3) is 0.300. The molecule has 4 nitrogen and oxygen atoms in total. The Morgan fingerprint density at radius 2 is 2.00 bits per heavy atom. The van der Waals surface area contributed by atoms with E-state index < -0.39 is 0 Å². The lowest BCUT2D eigenvalue weighted by molar-refractivity contribution is -0.0255. The molecule has 1 aliphatic rings. The van der Waals surface area contributed by atoms with Crippen molar-refractivity contribution in [3.05, 3.63) is 35.9 Å². The van der Waals surface area contributed by atoms with Gasteiger partial charge in [0.1, 0.15) is 0 Å². The fourth-order valence-electron chi connectivity index (χ4n) is 1.34. The molecule has 0 bridgehead atoms. The summed E-state index contributed by atoms with van der Waals surface area (Å²) in [4.78, 5) is 11.5. The van der Waals surface area contributed by atoms with Crippen LogP contribution in [0.4, 0.5) is 0 Å². The number of carbonyl (C=O) groups excluding carboxylic acids is 1. The number of β-amino-alcohol motifs (C(OH)–C–C–N with tert-alkyl or cyclic N) is 1. The monoisotopic (exact) mass is 192 g/mol. The van der Waals surface area contributed by atoms with Crippen molar-refractivity contribution in [1.82, 2.24) is 10.4 Å². The molecule has 0 saturated carbocycles. The van der Waals surface area contributed by atoms with E-state index in [0.717, 1.165) is 0 Å². The molecule has 14 heavy (non-hydrogen) atoms. The van der Waals surface area contributed by atoms with Gasteiger partial charge in [-0.2, -0.15) is 0 Å². The van der Waals surface area contributed by atoms with Crippen LogP contribution in [-0.2, 0) is 0 Å². The highest BCUT2D eigenvalue weighted by Crippen LogP contribution is 2.05. The van der Waals surface area contributed by atoms with Crippen LogP contribution in [0.3, 0.4) is 0 Å². The zero-order chi connectivity index (χ0) is 9.97. The maximum Gasteiger partial charge on any atom is 0.265 e. The molecule has 1 heterocycles. The molecule has 2 N–H and O–H groups in total. The van der Waals surface area contributed by atoms with Crippen molar-refractivity contribution in [2.75, 3.05) is 13.1 Å². The predicted octanol–water partition coefficient (Wildman–Crippen LogP) is 0.00790. The van der Waals surface area contributed by atoms with E-state index in [0.29, 0.717) is 18.7 Å². The zero-order valence-electron chi connectivity index (χ0n) is 7.68. The normalized spacial score (nSPS) is 17.5. The first-order chi connectivity index (χ1) is 6.75. The Kier molecular flexibility index (Phi) is 2.47. The standard InChI is InChI=1S/C10H12N2O2/c13-9-6-12(7-9)11-10(14)8-4-2-1-3-5-8/h1-5,9,13H,6-7H2,(H,11,14). The number of hydrogen-bond donors (Lipinski definition) is 2. The van der Waals surface area contributed by atoms with Crippen molar-refractivity contribution in [3.8, 4) is 0 Å². The third-order valence-corrected chi connectivity index (χ3v) is 2.16. The van der Waals surface area contributed by atoms with Gasteiger partial charge >= 0.3 is 0 Å². The van der Waals surface area contributed by atoms with Gasteiger partial charge in [-0.25, -0.2) is 5.01 Å².